The van der Waals surface area contributed by atoms with Crippen LogP contribution in [0.5, 0.6) is 0 Å². The summed E-state index contributed by atoms with van der Waals surface area (Å²) < 4.78 is 40.3. The molecule has 10 heteroatoms. The molecule has 2 amide bonds. The van der Waals surface area contributed by atoms with Crippen molar-refractivity contribution in [2.75, 3.05) is 31.1 Å². The van der Waals surface area contributed by atoms with Gasteiger partial charge >= 0.3 is 6.18 Å². The summed E-state index contributed by atoms with van der Waals surface area (Å²) in [4.78, 5) is 32.4. The lowest BCUT2D eigenvalue weighted by Gasteiger charge is -2.41. The van der Waals surface area contributed by atoms with E-state index in [1.54, 1.807) is 40.4 Å². The minimum Gasteiger partial charge on any atom is -0.370 e. The third-order valence-electron chi connectivity index (χ3n) is 6.76. The second-order valence-electron chi connectivity index (χ2n) is 8.57. The van der Waals surface area contributed by atoms with Crippen LogP contribution in [0.3, 0.4) is 0 Å². The number of anilines is 1. The molecule has 3 heterocycles. The molecule has 1 spiro atoms. The first-order valence-electron chi connectivity index (χ1n) is 10.5. The Bertz CT molecular complexity index is 1110. The molecule has 2 aliphatic heterocycles. The van der Waals surface area contributed by atoms with Crippen LogP contribution < -0.4 is 10.6 Å². The van der Waals surface area contributed by atoms with E-state index < -0.39 is 34.5 Å². The average molecular weight is 457 g/mol. The van der Waals surface area contributed by atoms with E-state index in [1.165, 1.54) is 6.07 Å². The van der Waals surface area contributed by atoms with Crippen LogP contribution in [0.1, 0.15) is 34.3 Å². The van der Waals surface area contributed by atoms with Crippen LogP contribution in [0.4, 0.5) is 18.9 Å². The van der Waals surface area contributed by atoms with Crippen molar-refractivity contribution in [1.82, 2.24) is 9.88 Å². The summed E-state index contributed by atoms with van der Waals surface area (Å²) in [5, 5.41) is 9.04. The van der Waals surface area contributed by atoms with E-state index in [2.05, 4.69) is 4.98 Å². The number of hydrogen-bond acceptors (Lipinski definition) is 5. The number of benzene rings is 1. The number of rotatable bonds is 3. The Labute approximate surface area is 188 Å². The quantitative estimate of drug-likeness (QED) is 0.764. The van der Waals surface area contributed by atoms with E-state index >= 15 is 0 Å². The SMILES string of the molecule is N#Cc1ccc(N2CC(C(N)=O)C3(CCN(C(=O)c4ccncc4)CC3)C2)cc1C(F)(F)F. The van der Waals surface area contributed by atoms with E-state index in [1.807, 2.05) is 0 Å². The monoisotopic (exact) mass is 457 g/mol. The van der Waals surface area contributed by atoms with Gasteiger partial charge in [0.25, 0.3) is 5.91 Å². The van der Waals surface area contributed by atoms with Gasteiger partial charge < -0.3 is 15.5 Å². The number of nitriles is 1. The highest BCUT2D eigenvalue weighted by molar-refractivity contribution is 5.94. The zero-order chi connectivity index (χ0) is 23.8. The number of likely N-dealkylation sites (tertiary alicyclic amines) is 1. The van der Waals surface area contributed by atoms with Crippen LogP contribution in [-0.4, -0.2) is 47.9 Å². The summed E-state index contributed by atoms with van der Waals surface area (Å²) in [6.07, 6.45) is -0.556. The maximum absolute atomic E-state index is 13.4. The number of halogens is 3. The third-order valence-corrected chi connectivity index (χ3v) is 6.76. The van der Waals surface area contributed by atoms with Crippen LogP contribution in [-0.2, 0) is 11.0 Å². The molecule has 1 atom stereocenters. The number of amides is 2. The van der Waals surface area contributed by atoms with Gasteiger partial charge in [-0.3, -0.25) is 14.6 Å². The highest BCUT2D eigenvalue weighted by atomic mass is 19.4. The molecule has 2 fully saturated rings. The summed E-state index contributed by atoms with van der Waals surface area (Å²) >= 11 is 0. The number of pyridine rings is 1. The zero-order valence-corrected chi connectivity index (χ0v) is 17.7. The van der Waals surface area contributed by atoms with Gasteiger partial charge in [0.1, 0.15) is 0 Å². The maximum Gasteiger partial charge on any atom is 0.417 e. The molecule has 0 radical (unpaired) electrons. The number of alkyl halides is 3. The van der Waals surface area contributed by atoms with Crippen LogP contribution in [0.2, 0.25) is 0 Å². The van der Waals surface area contributed by atoms with E-state index in [9.17, 15) is 22.8 Å². The molecule has 1 aromatic heterocycles. The van der Waals surface area contributed by atoms with Crippen molar-refractivity contribution in [2.45, 2.75) is 19.0 Å². The average Bonchev–Trinajstić information content (AvgIpc) is 3.18. The molecule has 1 unspecified atom stereocenters. The Morgan fingerprint density at radius 1 is 1.15 bits per heavy atom. The summed E-state index contributed by atoms with van der Waals surface area (Å²) in [5.74, 6) is -1.18. The Kier molecular flexibility index (Phi) is 5.74. The standard InChI is InChI=1S/C23H22F3N5O2/c24-23(25,26)18-11-17(2-1-16(18)12-27)31-13-19(20(28)32)22(14-31)5-9-30(10-6-22)21(33)15-3-7-29-8-4-15/h1-4,7-8,11,19H,5-6,9-10,13-14H2,(H2,28,32). The molecule has 0 saturated carbocycles. The Morgan fingerprint density at radius 2 is 1.82 bits per heavy atom. The van der Waals surface area contributed by atoms with Crippen molar-refractivity contribution in [2.24, 2.45) is 17.1 Å². The fraction of sp³-hybridized carbons (Fsp3) is 0.391. The molecule has 172 valence electrons. The second kappa shape index (κ2) is 8.39. The normalized spacial score (nSPS) is 20.0. The van der Waals surface area contributed by atoms with Gasteiger partial charge in [-0.05, 0) is 43.2 Å². The summed E-state index contributed by atoms with van der Waals surface area (Å²) in [6, 6.07) is 8.43. The lowest BCUT2D eigenvalue weighted by molar-refractivity contribution is -0.137. The molecule has 2 N–H and O–H groups in total. The Morgan fingerprint density at radius 3 is 2.39 bits per heavy atom. The molecule has 4 rings (SSSR count). The topological polar surface area (TPSA) is 103 Å². The van der Waals surface area contributed by atoms with Crippen LogP contribution in [0, 0.1) is 22.7 Å². The Balaban J connectivity index is 1.56. The van der Waals surface area contributed by atoms with E-state index in [0.29, 0.717) is 43.7 Å². The molecule has 1 aromatic carbocycles. The van der Waals surface area contributed by atoms with E-state index in [4.69, 9.17) is 11.0 Å². The molecule has 33 heavy (non-hydrogen) atoms. The number of piperidine rings is 1. The van der Waals surface area contributed by atoms with Crippen LogP contribution >= 0.6 is 0 Å². The summed E-state index contributed by atoms with van der Waals surface area (Å²) in [7, 11) is 0. The highest BCUT2D eigenvalue weighted by Crippen LogP contribution is 2.47. The molecule has 0 aliphatic carbocycles. The van der Waals surface area contributed by atoms with Crippen molar-refractivity contribution in [1.29, 1.82) is 5.26 Å². The highest BCUT2D eigenvalue weighted by Gasteiger charge is 2.51. The first-order chi connectivity index (χ1) is 15.6. The number of hydrogen-bond donors (Lipinski definition) is 1. The van der Waals surface area contributed by atoms with Crippen molar-refractivity contribution in [3.63, 3.8) is 0 Å². The van der Waals surface area contributed by atoms with Crippen molar-refractivity contribution >= 4 is 17.5 Å². The third kappa shape index (κ3) is 4.23. The summed E-state index contributed by atoms with van der Waals surface area (Å²) in [5.41, 5.74) is 4.53. The zero-order valence-electron chi connectivity index (χ0n) is 17.7. The van der Waals surface area contributed by atoms with E-state index in [0.717, 1.165) is 12.1 Å². The largest absolute Gasteiger partial charge is 0.417 e. The van der Waals surface area contributed by atoms with Crippen LogP contribution in [0.25, 0.3) is 0 Å². The number of aromatic nitrogens is 1. The van der Waals surface area contributed by atoms with Gasteiger partial charge in [0.15, 0.2) is 0 Å². The van der Waals surface area contributed by atoms with Gasteiger partial charge in [-0.25, -0.2) is 0 Å². The van der Waals surface area contributed by atoms with Crippen molar-refractivity contribution < 1.29 is 22.8 Å². The minimum atomic E-state index is -4.67. The fourth-order valence-electron chi connectivity index (χ4n) is 4.96. The lowest BCUT2D eigenvalue weighted by Crippen LogP contribution is -2.49. The molecule has 2 aromatic rings. The molecular weight excluding hydrogens is 435 g/mol. The molecule has 7 nitrogen and oxygen atoms in total. The lowest BCUT2D eigenvalue weighted by atomic mass is 9.70. The van der Waals surface area contributed by atoms with Gasteiger partial charge in [-0.2, -0.15) is 18.4 Å². The second-order valence-corrected chi connectivity index (χ2v) is 8.57. The van der Waals surface area contributed by atoms with Gasteiger partial charge in [0.05, 0.1) is 23.1 Å². The Hall–Kier alpha value is -3.61. The van der Waals surface area contributed by atoms with Gasteiger partial charge in [-0.1, -0.05) is 0 Å². The number of nitrogens with two attached hydrogens (primary N) is 1. The minimum absolute atomic E-state index is 0.125. The van der Waals surface area contributed by atoms with Crippen molar-refractivity contribution in [3.8, 4) is 6.07 Å². The fourth-order valence-corrected chi connectivity index (χ4v) is 4.96. The predicted molar refractivity (Wildman–Crippen MR) is 113 cm³/mol. The first-order valence-corrected chi connectivity index (χ1v) is 10.5. The van der Waals surface area contributed by atoms with Crippen LogP contribution in [0.15, 0.2) is 42.7 Å². The number of nitrogens with zero attached hydrogens (tertiary/aromatic N) is 4. The first kappa shape index (κ1) is 22.6. The van der Waals surface area contributed by atoms with Crippen molar-refractivity contribution in [3.05, 3.63) is 59.4 Å². The van der Waals surface area contributed by atoms with Gasteiger partial charge in [-0.15, -0.1) is 0 Å². The number of primary amides is 1. The molecule has 0 bridgehead atoms. The smallest absolute Gasteiger partial charge is 0.370 e. The maximum atomic E-state index is 13.4. The predicted octanol–water partition coefficient (Wildman–Crippen LogP) is 2.82. The molecule has 2 aliphatic rings. The van der Waals surface area contributed by atoms with Gasteiger partial charge in [0.2, 0.25) is 5.91 Å². The number of carbonyl (C=O) groups is 2. The molecular formula is C23H22F3N5O2. The summed E-state index contributed by atoms with van der Waals surface area (Å²) in [6.45, 7) is 1.37. The molecule has 2 saturated heterocycles. The number of carbonyl (C=O) groups excluding carboxylic acids is 2. The van der Waals surface area contributed by atoms with Gasteiger partial charge in [0, 0.05) is 55.2 Å². The van der Waals surface area contributed by atoms with E-state index in [-0.39, 0.29) is 12.5 Å².